The van der Waals surface area contributed by atoms with E-state index in [1.54, 1.807) is 32.0 Å². The summed E-state index contributed by atoms with van der Waals surface area (Å²) in [5, 5.41) is 3.15. The van der Waals surface area contributed by atoms with E-state index in [-0.39, 0.29) is 16.1 Å². The number of benzene rings is 2. The summed E-state index contributed by atoms with van der Waals surface area (Å²) in [6.07, 6.45) is 0. The first-order valence-corrected chi connectivity index (χ1v) is 9.84. The van der Waals surface area contributed by atoms with Crippen LogP contribution in [0, 0.1) is 5.92 Å². The van der Waals surface area contributed by atoms with Crippen molar-refractivity contribution in [2.75, 3.05) is 11.9 Å². The molecule has 3 amide bonds. The van der Waals surface area contributed by atoms with Crippen LogP contribution in [-0.4, -0.2) is 41.2 Å². The van der Waals surface area contributed by atoms with Gasteiger partial charge in [0.15, 0.2) is 6.61 Å². The zero-order valence-electron chi connectivity index (χ0n) is 16.1. The van der Waals surface area contributed by atoms with Gasteiger partial charge in [0, 0.05) is 5.02 Å². The van der Waals surface area contributed by atoms with E-state index in [9.17, 15) is 19.2 Å². The van der Waals surface area contributed by atoms with Crippen molar-refractivity contribution in [3.05, 3.63) is 63.6 Å². The van der Waals surface area contributed by atoms with Crippen molar-refractivity contribution >= 4 is 52.6 Å². The Labute approximate surface area is 182 Å². The van der Waals surface area contributed by atoms with E-state index < -0.39 is 42.3 Å². The van der Waals surface area contributed by atoms with Gasteiger partial charge >= 0.3 is 5.97 Å². The lowest BCUT2D eigenvalue weighted by atomic mass is 10.0. The molecule has 0 spiro atoms. The number of amides is 3. The Morgan fingerprint density at radius 1 is 1.03 bits per heavy atom. The van der Waals surface area contributed by atoms with Crippen LogP contribution in [0.2, 0.25) is 10.0 Å². The molecule has 7 nitrogen and oxygen atoms in total. The number of hydrogen-bond donors (Lipinski definition) is 1. The first kappa shape index (κ1) is 21.8. The number of imide groups is 1. The van der Waals surface area contributed by atoms with E-state index in [1.807, 2.05) is 0 Å². The van der Waals surface area contributed by atoms with Crippen molar-refractivity contribution in [2.45, 2.75) is 19.9 Å². The van der Waals surface area contributed by atoms with Crippen molar-refractivity contribution in [1.82, 2.24) is 4.90 Å². The van der Waals surface area contributed by atoms with Crippen molar-refractivity contribution in [2.24, 2.45) is 5.92 Å². The Hall–Kier alpha value is -2.90. The molecule has 2 aromatic carbocycles. The Bertz CT molecular complexity index is 1000. The van der Waals surface area contributed by atoms with Gasteiger partial charge in [-0.05, 0) is 36.2 Å². The monoisotopic (exact) mass is 448 g/mol. The van der Waals surface area contributed by atoms with Crippen LogP contribution in [0.25, 0.3) is 0 Å². The normalized spacial score (nSPS) is 14.0. The highest BCUT2D eigenvalue weighted by Gasteiger charge is 2.44. The molecule has 1 heterocycles. The quantitative estimate of drug-likeness (QED) is 0.535. The average Bonchev–Trinajstić information content (AvgIpc) is 2.94. The molecule has 0 aromatic heterocycles. The third-order valence-corrected chi connectivity index (χ3v) is 5.08. The van der Waals surface area contributed by atoms with Gasteiger partial charge in [-0.2, -0.15) is 0 Å². The number of carbonyl (C=O) groups is 4. The van der Waals surface area contributed by atoms with Crippen LogP contribution in [0.1, 0.15) is 34.6 Å². The van der Waals surface area contributed by atoms with Crippen LogP contribution < -0.4 is 5.32 Å². The van der Waals surface area contributed by atoms with Crippen molar-refractivity contribution in [3.63, 3.8) is 0 Å². The SMILES string of the molecule is CC(C)[C@@H](C(=O)OCC(=O)Nc1ccc(Cl)cc1Cl)N1C(=O)c2ccccc2C1=O. The summed E-state index contributed by atoms with van der Waals surface area (Å²) in [5.74, 6) is -3.03. The second kappa shape index (κ2) is 8.85. The van der Waals surface area contributed by atoms with E-state index >= 15 is 0 Å². The number of rotatable bonds is 6. The number of halogens is 2. The van der Waals surface area contributed by atoms with Gasteiger partial charge in [0.25, 0.3) is 17.7 Å². The fraction of sp³-hybridized carbons (Fsp3) is 0.238. The highest BCUT2D eigenvalue weighted by molar-refractivity contribution is 6.36. The van der Waals surface area contributed by atoms with E-state index in [0.29, 0.717) is 10.7 Å². The maximum Gasteiger partial charge on any atom is 0.330 e. The van der Waals surface area contributed by atoms with Crippen molar-refractivity contribution in [3.8, 4) is 0 Å². The summed E-state index contributed by atoms with van der Waals surface area (Å²) in [6.45, 7) is 2.76. The molecule has 30 heavy (non-hydrogen) atoms. The predicted molar refractivity (Wildman–Crippen MR) is 112 cm³/mol. The lowest BCUT2D eigenvalue weighted by molar-refractivity contribution is -0.152. The van der Waals surface area contributed by atoms with Crippen LogP contribution >= 0.6 is 23.2 Å². The minimum atomic E-state index is -1.16. The topological polar surface area (TPSA) is 92.8 Å². The zero-order chi connectivity index (χ0) is 22.0. The zero-order valence-corrected chi connectivity index (χ0v) is 17.7. The molecule has 0 unspecified atom stereocenters. The first-order chi connectivity index (χ1) is 14.2. The predicted octanol–water partition coefficient (Wildman–Crippen LogP) is 3.80. The highest BCUT2D eigenvalue weighted by Crippen LogP contribution is 2.28. The number of nitrogens with one attached hydrogen (secondary N) is 1. The summed E-state index contributed by atoms with van der Waals surface area (Å²) in [6, 6.07) is 9.70. The summed E-state index contributed by atoms with van der Waals surface area (Å²) in [4.78, 5) is 51.1. The van der Waals surface area contributed by atoms with E-state index in [2.05, 4.69) is 5.32 Å². The van der Waals surface area contributed by atoms with Crippen LogP contribution in [0.5, 0.6) is 0 Å². The number of hydrogen-bond acceptors (Lipinski definition) is 5. The molecule has 0 saturated carbocycles. The molecule has 1 aliphatic heterocycles. The van der Waals surface area contributed by atoms with Crippen molar-refractivity contribution < 1.29 is 23.9 Å². The minimum Gasteiger partial charge on any atom is -0.454 e. The van der Waals surface area contributed by atoms with Crippen LogP contribution in [0.15, 0.2) is 42.5 Å². The molecular formula is C21H18Cl2N2O5. The number of carbonyl (C=O) groups excluding carboxylic acids is 4. The standard InChI is InChI=1S/C21H18Cl2N2O5/c1-11(2)18(25-19(27)13-5-3-4-6-14(13)20(25)28)21(29)30-10-17(26)24-16-8-7-12(22)9-15(16)23/h3-9,11,18H,10H2,1-2H3,(H,24,26)/t18-/m0/s1. The van der Waals surface area contributed by atoms with Crippen molar-refractivity contribution in [1.29, 1.82) is 0 Å². The first-order valence-electron chi connectivity index (χ1n) is 9.09. The summed E-state index contributed by atoms with van der Waals surface area (Å²) >= 11 is 11.8. The Kier molecular flexibility index (Phi) is 6.43. The number of esters is 1. The molecule has 0 saturated heterocycles. The number of ether oxygens (including phenoxy) is 1. The second-order valence-corrected chi connectivity index (χ2v) is 7.84. The van der Waals surface area contributed by atoms with Gasteiger partial charge in [-0.1, -0.05) is 49.2 Å². The third kappa shape index (κ3) is 4.32. The molecule has 1 atom stereocenters. The molecule has 2 aromatic rings. The number of fused-ring (bicyclic) bond motifs is 1. The maximum atomic E-state index is 12.7. The van der Waals surface area contributed by atoms with Gasteiger partial charge in [-0.15, -0.1) is 0 Å². The Morgan fingerprint density at radius 3 is 2.17 bits per heavy atom. The molecule has 156 valence electrons. The summed E-state index contributed by atoms with van der Waals surface area (Å²) in [7, 11) is 0. The lowest BCUT2D eigenvalue weighted by Gasteiger charge is -2.27. The summed E-state index contributed by atoms with van der Waals surface area (Å²) in [5.41, 5.74) is 0.773. The van der Waals surface area contributed by atoms with Gasteiger partial charge in [0.1, 0.15) is 6.04 Å². The van der Waals surface area contributed by atoms with Gasteiger partial charge < -0.3 is 10.1 Å². The molecule has 0 bridgehead atoms. The van der Waals surface area contributed by atoms with Gasteiger partial charge in [0.05, 0.1) is 21.8 Å². The van der Waals surface area contributed by atoms with Crippen LogP contribution in [-0.2, 0) is 14.3 Å². The molecule has 1 aliphatic rings. The molecule has 0 radical (unpaired) electrons. The highest BCUT2D eigenvalue weighted by atomic mass is 35.5. The summed E-state index contributed by atoms with van der Waals surface area (Å²) < 4.78 is 5.10. The second-order valence-electron chi connectivity index (χ2n) is 6.99. The Balaban J connectivity index is 1.69. The van der Waals surface area contributed by atoms with Crippen LogP contribution in [0.3, 0.4) is 0 Å². The Morgan fingerprint density at radius 2 is 1.63 bits per heavy atom. The van der Waals surface area contributed by atoms with Gasteiger partial charge in [-0.3, -0.25) is 19.3 Å². The van der Waals surface area contributed by atoms with E-state index in [1.165, 1.54) is 24.3 Å². The molecule has 0 aliphatic carbocycles. The lowest BCUT2D eigenvalue weighted by Crippen LogP contribution is -2.49. The van der Waals surface area contributed by atoms with E-state index in [4.69, 9.17) is 27.9 Å². The number of anilines is 1. The molecule has 9 heteroatoms. The molecule has 0 fully saturated rings. The largest absolute Gasteiger partial charge is 0.454 e. The van der Waals surface area contributed by atoms with Crippen LogP contribution in [0.4, 0.5) is 5.69 Å². The van der Waals surface area contributed by atoms with Gasteiger partial charge in [-0.25, -0.2) is 4.79 Å². The smallest absolute Gasteiger partial charge is 0.330 e. The maximum absolute atomic E-state index is 12.7. The average molecular weight is 449 g/mol. The fourth-order valence-corrected chi connectivity index (χ4v) is 3.59. The molecule has 3 rings (SSSR count). The minimum absolute atomic E-state index is 0.230. The molecule has 1 N–H and O–H groups in total. The fourth-order valence-electron chi connectivity index (χ4n) is 3.14. The third-order valence-electron chi connectivity index (χ3n) is 4.53. The van der Waals surface area contributed by atoms with E-state index in [0.717, 1.165) is 4.90 Å². The number of nitrogens with zero attached hydrogens (tertiary/aromatic N) is 1. The molecular weight excluding hydrogens is 431 g/mol. The van der Waals surface area contributed by atoms with Gasteiger partial charge in [0.2, 0.25) is 0 Å².